The van der Waals surface area contributed by atoms with E-state index >= 15 is 0 Å². The zero-order valence-corrected chi connectivity index (χ0v) is 14.0. The van der Waals surface area contributed by atoms with Gasteiger partial charge in [0.15, 0.2) is 0 Å². The van der Waals surface area contributed by atoms with Crippen molar-refractivity contribution in [3.05, 3.63) is 16.9 Å². The van der Waals surface area contributed by atoms with Gasteiger partial charge in [-0.1, -0.05) is 32.4 Å². The highest BCUT2D eigenvalue weighted by Crippen LogP contribution is 2.36. The van der Waals surface area contributed by atoms with E-state index in [1.165, 1.54) is 0 Å². The Morgan fingerprint density at radius 1 is 1.40 bits per heavy atom. The van der Waals surface area contributed by atoms with Gasteiger partial charge in [0.25, 0.3) is 0 Å². The van der Waals surface area contributed by atoms with Gasteiger partial charge in [0.1, 0.15) is 0 Å². The predicted octanol–water partition coefficient (Wildman–Crippen LogP) is 2.57. The summed E-state index contributed by atoms with van der Waals surface area (Å²) in [6.07, 6.45) is 2.66. The Hall–Kier alpha value is -0.620. The molecule has 0 radical (unpaired) electrons. The number of nitrogens with two attached hydrogens (primary N) is 1. The molecule has 1 heterocycles. The minimum absolute atomic E-state index is 0.0673. The SMILES string of the molecule is CCN(CC)C(C)(CC)C(NN)c1c(Cl)cnn1CC. The molecule has 0 bridgehead atoms. The van der Waals surface area contributed by atoms with E-state index in [1.807, 2.05) is 4.68 Å². The summed E-state index contributed by atoms with van der Waals surface area (Å²) in [6.45, 7) is 13.5. The zero-order chi connectivity index (χ0) is 15.3. The molecule has 0 aliphatic heterocycles. The van der Waals surface area contributed by atoms with Crippen LogP contribution in [0.3, 0.4) is 0 Å². The summed E-state index contributed by atoms with van der Waals surface area (Å²) < 4.78 is 1.92. The maximum absolute atomic E-state index is 6.35. The summed E-state index contributed by atoms with van der Waals surface area (Å²) in [5.74, 6) is 5.89. The van der Waals surface area contributed by atoms with Crippen LogP contribution in [0.4, 0.5) is 0 Å². The van der Waals surface area contributed by atoms with E-state index in [4.69, 9.17) is 17.4 Å². The van der Waals surface area contributed by atoms with Gasteiger partial charge in [0, 0.05) is 12.1 Å². The predicted molar refractivity (Wildman–Crippen MR) is 84.6 cm³/mol. The van der Waals surface area contributed by atoms with Crippen molar-refractivity contribution in [1.29, 1.82) is 0 Å². The molecule has 2 unspecified atom stereocenters. The third-order valence-electron chi connectivity index (χ3n) is 4.40. The minimum atomic E-state index is -0.116. The maximum atomic E-state index is 6.35. The summed E-state index contributed by atoms with van der Waals surface area (Å²) in [5, 5.41) is 5.00. The van der Waals surface area contributed by atoms with Crippen LogP contribution in [0, 0.1) is 0 Å². The Bertz CT molecular complexity index is 416. The van der Waals surface area contributed by atoms with E-state index in [-0.39, 0.29) is 11.6 Å². The fourth-order valence-electron chi connectivity index (χ4n) is 3.02. The normalized spacial score (nSPS) is 16.4. The number of halogens is 1. The highest BCUT2D eigenvalue weighted by Gasteiger charge is 2.40. The van der Waals surface area contributed by atoms with Crippen molar-refractivity contribution in [3.63, 3.8) is 0 Å². The molecular weight excluding hydrogens is 274 g/mol. The first-order valence-electron chi connectivity index (χ1n) is 7.42. The first-order chi connectivity index (χ1) is 9.49. The van der Waals surface area contributed by atoms with Crippen molar-refractivity contribution in [3.8, 4) is 0 Å². The molecule has 6 heteroatoms. The van der Waals surface area contributed by atoms with E-state index in [9.17, 15) is 0 Å². The minimum Gasteiger partial charge on any atom is -0.296 e. The number of aromatic nitrogens is 2. The van der Waals surface area contributed by atoms with Crippen molar-refractivity contribution in [2.75, 3.05) is 13.1 Å². The van der Waals surface area contributed by atoms with Gasteiger partial charge in [-0.25, -0.2) is 5.43 Å². The van der Waals surface area contributed by atoms with Crippen molar-refractivity contribution >= 4 is 11.6 Å². The average Bonchev–Trinajstić information content (AvgIpc) is 2.82. The lowest BCUT2D eigenvalue weighted by atomic mass is 9.85. The summed E-state index contributed by atoms with van der Waals surface area (Å²) >= 11 is 6.35. The summed E-state index contributed by atoms with van der Waals surface area (Å²) in [7, 11) is 0. The molecular formula is C14H28ClN5. The molecule has 116 valence electrons. The Labute approximate surface area is 127 Å². The van der Waals surface area contributed by atoms with E-state index < -0.39 is 0 Å². The van der Waals surface area contributed by atoms with E-state index in [0.29, 0.717) is 5.02 Å². The number of hydrogen-bond acceptors (Lipinski definition) is 4. The fourth-order valence-corrected chi connectivity index (χ4v) is 3.27. The third-order valence-corrected chi connectivity index (χ3v) is 4.69. The van der Waals surface area contributed by atoms with Gasteiger partial charge >= 0.3 is 0 Å². The van der Waals surface area contributed by atoms with Gasteiger partial charge < -0.3 is 0 Å². The molecule has 1 aromatic rings. The molecule has 5 nitrogen and oxygen atoms in total. The number of nitrogens with zero attached hydrogens (tertiary/aromatic N) is 3. The summed E-state index contributed by atoms with van der Waals surface area (Å²) in [4.78, 5) is 2.42. The monoisotopic (exact) mass is 301 g/mol. The lowest BCUT2D eigenvalue weighted by Crippen LogP contribution is -2.56. The van der Waals surface area contributed by atoms with Gasteiger partial charge in [-0.3, -0.25) is 15.4 Å². The second-order valence-corrected chi connectivity index (χ2v) is 5.58. The number of aryl methyl sites for hydroxylation is 1. The smallest absolute Gasteiger partial charge is 0.0835 e. The van der Waals surface area contributed by atoms with Crippen LogP contribution in [0.5, 0.6) is 0 Å². The molecule has 0 saturated heterocycles. The van der Waals surface area contributed by atoms with Crippen LogP contribution in [-0.4, -0.2) is 33.3 Å². The number of rotatable bonds is 8. The lowest BCUT2D eigenvalue weighted by molar-refractivity contribution is 0.0665. The van der Waals surface area contributed by atoms with Crippen LogP contribution in [0.1, 0.15) is 52.8 Å². The Morgan fingerprint density at radius 3 is 2.40 bits per heavy atom. The van der Waals surface area contributed by atoms with E-state index in [2.05, 4.69) is 50.0 Å². The van der Waals surface area contributed by atoms with Crippen LogP contribution in [0.15, 0.2) is 6.20 Å². The molecule has 1 rings (SSSR count). The van der Waals surface area contributed by atoms with E-state index in [1.54, 1.807) is 6.20 Å². The first kappa shape index (κ1) is 17.4. The van der Waals surface area contributed by atoms with Crippen LogP contribution in [0.25, 0.3) is 0 Å². The summed E-state index contributed by atoms with van der Waals surface area (Å²) in [6, 6.07) is -0.0673. The third kappa shape index (κ3) is 3.01. The van der Waals surface area contributed by atoms with E-state index in [0.717, 1.165) is 31.7 Å². The maximum Gasteiger partial charge on any atom is 0.0835 e. The highest BCUT2D eigenvalue weighted by molar-refractivity contribution is 6.31. The lowest BCUT2D eigenvalue weighted by Gasteiger charge is -2.45. The highest BCUT2D eigenvalue weighted by atomic mass is 35.5. The molecule has 3 N–H and O–H groups in total. The first-order valence-corrected chi connectivity index (χ1v) is 7.80. The second-order valence-electron chi connectivity index (χ2n) is 5.18. The number of nitrogens with one attached hydrogen (secondary N) is 1. The van der Waals surface area contributed by atoms with Gasteiger partial charge in [-0.2, -0.15) is 5.10 Å². The average molecular weight is 302 g/mol. The zero-order valence-electron chi connectivity index (χ0n) is 13.3. The van der Waals surface area contributed by atoms with Crippen LogP contribution in [0.2, 0.25) is 5.02 Å². The Kier molecular flexibility index (Phi) is 6.45. The number of hydrazine groups is 1. The fraction of sp³-hybridized carbons (Fsp3) is 0.786. The second kappa shape index (κ2) is 7.41. The van der Waals surface area contributed by atoms with Crippen molar-refractivity contribution < 1.29 is 0 Å². The molecule has 1 aromatic heterocycles. The van der Waals surface area contributed by atoms with Crippen LogP contribution < -0.4 is 11.3 Å². The molecule has 0 fully saturated rings. The van der Waals surface area contributed by atoms with Gasteiger partial charge in [0.05, 0.1) is 23.0 Å². The molecule has 0 amide bonds. The van der Waals surface area contributed by atoms with Crippen molar-refractivity contribution in [1.82, 2.24) is 20.1 Å². The molecule has 0 saturated carbocycles. The largest absolute Gasteiger partial charge is 0.296 e. The molecule has 20 heavy (non-hydrogen) atoms. The van der Waals surface area contributed by atoms with Crippen molar-refractivity contribution in [2.24, 2.45) is 5.84 Å². The van der Waals surface area contributed by atoms with Gasteiger partial charge in [0.2, 0.25) is 0 Å². The molecule has 0 aromatic carbocycles. The number of likely N-dealkylation sites (N-methyl/N-ethyl adjacent to an activating group) is 1. The van der Waals surface area contributed by atoms with Crippen LogP contribution in [-0.2, 0) is 6.54 Å². The molecule has 0 aliphatic carbocycles. The summed E-state index contributed by atoms with van der Waals surface area (Å²) in [5.41, 5.74) is 3.82. The number of hydrogen-bond donors (Lipinski definition) is 2. The van der Waals surface area contributed by atoms with Crippen LogP contribution >= 0.6 is 11.6 Å². The Morgan fingerprint density at radius 2 is 2.00 bits per heavy atom. The molecule has 2 atom stereocenters. The van der Waals surface area contributed by atoms with Gasteiger partial charge in [-0.15, -0.1) is 0 Å². The van der Waals surface area contributed by atoms with Gasteiger partial charge in [-0.05, 0) is 33.4 Å². The topological polar surface area (TPSA) is 59.1 Å². The van der Waals surface area contributed by atoms with Crippen molar-refractivity contribution in [2.45, 2.75) is 59.2 Å². The molecule has 0 spiro atoms. The Balaban J connectivity index is 3.31. The quantitative estimate of drug-likeness (QED) is 0.572. The standard InChI is InChI=1S/C14H28ClN5/c1-6-14(5,19(7-2)8-3)13(18-16)12-11(15)10-17-20(12)9-4/h10,13,18H,6-9,16H2,1-5H3. The molecule has 0 aliphatic rings.